The van der Waals surface area contributed by atoms with Gasteiger partial charge in [-0.15, -0.1) is 0 Å². The van der Waals surface area contributed by atoms with Crippen molar-refractivity contribution in [3.05, 3.63) is 76.2 Å². The number of fused-ring (bicyclic) bond motifs is 1. The number of carbonyl (C=O) groups excluding carboxylic acids is 1. The molecule has 4 rings (SSSR count). The number of rotatable bonds is 5. The van der Waals surface area contributed by atoms with E-state index in [1.165, 1.54) is 12.3 Å². The van der Waals surface area contributed by atoms with Gasteiger partial charge < -0.3 is 5.32 Å². The Bertz CT molecular complexity index is 1370. The highest BCUT2D eigenvalue weighted by Gasteiger charge is 2.18. The van der Waals surface area contributed by atoms with Crippen LogP contribution >= 0.6 is 11.8 Å². The molecule has 0 fully saturated rings. The summed E-state index contributed by atoms with van der Waals surface area (Å²) < 4.78 is 55.1. The minimum absolute atomic E-state index is 0.0152. The lowest BCUT2D eigenvalue weighted by molar-refractivity contribution is -0.113. The first kappa shape index (κ1) is 20.6. The fraction of sp³-hybridized carbons (Fsp3) is 0.0526. The SMILES string of the molecule is O=C(CSc1nc2[nH]ncc2c(=O)n1-c1ccc(F)c(F)c1)Nc1cc(F)ccc1F. The maximum atomic E-state index is 13.7. The smallest absolute Gasteiger partial charge is 0.269 e. The number of nitrogens with zero attached hydrogens (tertiary/aromatic N) is 3. The number of nitrogens with one attached hydrogen (secondary N) is 2. The van der Waals surface area contributed by atoms with E-state index < -0.39 is 34.7 Å². The van der Waals surface area contributed by atoms with Crippen LogP contribution in [0.5, 0.6) is 0 Å². The summed E-state index contributed by atoms with van der Waals surface area (Å²) in [5.41, 5.74) is -0.856. The Labute approximate surface area is 175 Å². The van der Waals surface area contributed by atoms with Gasteiger partial charge in [-0.2, -0.15) is 5.10 Å². The molecule has 4 aromatic rings. The van der Waals surface area contributed by atoms with Crippen LogP contribution in [-0.4, -0.2) is 31.4 Å². The third kappa shape index (κ3) is 4.14. The van der Waals surface area contributed by atoms with Gasteiger partial charge in [-0.1, -0.05) is 11.8 Å². The van der Waals surface area contributed by atoms with Crippen LogP contribution in [0.2, 0.25) is 0 Å². The second-order valence-electron chi connectivity index (χ2n) is 6.23. The molecule has 0 atom stereocenters. The zero-order valence-corrected chi connectivity index (χ0v) is 16.1. The van der Waals surface area contributed by atoms with Crippen molar-refractivity contribution in [2.24, 2.45) is 0 Å². The number of anilines is 1. The predicted octanol–water partition coefficient (Wildman–Crippen LogP) is 3.40. The number of hydrogen-bond acceptors (Lipinski definition) is 5. The van der Waals surface area contributed by atoms with Gasteiger partial charge in [0.05, 0.1) is 23.3 Å². The summed E-state index contributed by atoms with van der Waals surface area (Å²) in [6.07, 6.45) is 1.23. The minimum atomic E-state index is -1.17. The minimum Gasteiger partial charge on any atom is -0.323 e. The van der Waals surface area contributed by atoms with Gasteiger partial charge in [0, 0.05) is 12.1 Å². The molecule has 2 aromatic heterocycles. The second kappa shape index (κ2) is 8.22. The Morgan fingerprint density at radius 3 is 2.61 bits per heavy atom. The molecule has 0 aliphatic carbocycles. The monoisotopic (exact) mass is 449 g/mol. The predicted molar refractivity (Wildman–Crippen MR) is 105 cm³/mol. The number of thioether (sulfide) groups is 1. The molecule has 2 heterocycles. The number of aromatic nitrogens is 4. The molecule has 158 valence electrons. The first-order valence-electron chi connectivity index (χ1n) is 8.63. The molecule has 0 saturated heterocycles. The molecule has 7 nitrogen and oxygen atoms in total. The highest BCUT2D eigenvalue weighted by molar-refractivity contribution is 7.99. The number of halogens is 4. The summed E-state index contributed by atoms with van der Waals surface area (Å²) >= 11 is 0.781. The zero-order valence-electron chi connectivity index (χ0n) is 15.3. The number of amides is 1. The largest absolute Gasteiger partial charge is 0.323 e. The first-order chi connectivity index (χ1) is 14.8. The first-order valence-corrected chi connectivity index (χ1v) is 9.61. The van der Waals surface area contributed by atoms with E-state index >= 15 is 0 Å². The molecule has 2 N–H and O–H groups in total. The number of H-pyrrole nitrogens is 1. The Balaban J connectivity index is 1.66. The molecular formula is C19H11F4N5O2S. The van der Waals surface area contributed by atoms with E-state index in [2.05, 4.69) is 20.5 Å². The Hall–Kier alpha value is -3.67. The maximum Gasteiger partial charge on any atom is 0.269 e. The van der Waals surface area contributed by atoms with Crippen LogP contribution in [0, 0.1) is 23.3 Å². The molecule has 31 heavy (non-hydrogen) atoms. The highest BCUT2D eigenvalue weighted by atomic mass is 32.2. The lowest BCUT2D eigenvalue weighted by Gasteiger charge is -2.12. The van der Waals surface area contributed by atoms with E-state index in [1.807, 2.05) is 0 Å². The summed E-state index contributed by atoms with van der Waals surface area (Å²) in [6, 6.07) is 5.45. The second-order valence-corrected chi connectivity index (χ2v) is 7.17. The number of benzene rings is 2. The van der Waals surface area contributed by atoms with Crippen LogP contribution in [0.15, 0.2) is 52.5 Å². The Morgan fingerprint density at radius 1 is 1.06 bits per heavy atom. The van der Waals surface area contributed by atoms with E-state index in [0.717, 1.165) is 46.7 Å². The van der Waals surface area contributed by atoms with Gasteiger partial charge in [-0.25, -0.2) is 22.5 Å². The van der Waals surface area contributed by atoms with E-state index in [9.17, 15) is 27.2 Å². The van der Waals surface area contributed by atoms with Crippen LogP contribution in [0.1, 0.15) is 0 Å². The van der Waals surface area contributed by atoms with Crippen LogP contribution < -0.4 is 10.9 Å². The van der Waals surface area contributed by atoms with E-state index in [1.54, 1.807) is 0 Å². The lowest BCUT2D eigenvalue weighted by atomic mass is 10.3. The van der Waals surface area contributed by atoms with Gasteiger partial charge >= 0.3 is 0 Å². The van der Waals surface area contributed by atoms with Gasteiger partial charge in [-0.3, -0.25) is 19.3 Å². The summed E-state index contributed by atoms with van der Waals surface area (Å²) in [5, 5.41) is 8.56. The molecule has 0 aliphatic rings. The third-order valence-electron chi connectivity index (χ3n) is 4.15. The zero-order chi connectivity index (χ0) is 22.1. The summed E-state index contributed by atoms with van der Waals surface area (Å²) in [6.45, 7) is 0. The summed E-state index contributed by atoms with van der Waals surface area (Å²) in [4.78, 5) is 29.3. The fourth-order valence-corrected chi connectivity index (χ4v) is 3.54. The molecule has 0 spiro atoms. The van der Waals surface area contributed by atoms with E-state index in [0.29, 0.717) is 0 Å². The average Bonchev–Trinajstić information content (AvgIpc) is 3.20. The summed E-state index contributed by atoms with van der Waals surface area (Å²) in [7, 11) is 0. The van der Waals surface area contributed by atoms with Gasteiger partial charge in [0.2, 0.25) is 5.91 Å². The van der Waals surface area contributed by atoms with Crippen LogP contribution in [0.25, 0.3) is 16.7 Å². The number of hydrogen-bond donors (Lipinski definition) is 2. The Morgan fingerprint density at radius 2 is 1.84 bits per heavy atom. The van der Waals surface area contributed by atoms with Gasteiger partial charge in [0.15, 0.2) is 22.4 Å². The van der Waals surface area contributed by atoms with Crippen LogP contribution in [-0.2, 0) is 4.79 Å². The Kier molecular flexibility index (Phi) is 5.46. The van der Waals surface area contributed by atoms with E-state index in [-0.39, 0.29) is 33.3 Å². The number of aromatic amines is 1. The van der Waals surface area contributed by atoms with Crippen molar-refractivity contribution in [2.45, 2.75) is 5.16 Å². The lowest BCUT2D eigenvalue weighted by Crippen LogP contribution is -2.23. The third-order valence-corrected chi connectivity index (χ3v) is 5.09. The van der Waals surface area contributed by atoms with Gasteiger partial charge in [-0.05, 0) is 24.3 Å². The van der Waals surface area contributed by atoms with Crippen molar-refractivity contribution in [3.8, 4) is 5.69 Å². The van der Waals surface area contributed by atoms with Gasteiger partial charge in [0.25, 0.3) is 5.56 Å². The van der Waals surface area contributed by atoms with Crippen molar-refractivity contribution in [2.75, 3.05) is 11.1 Å². The van der Waals surface area contributed by atoms with Gasteiger partial charge in [0.1, 0.15) is 17.0 Å². The molecule has 2 aromatic carbocycles. The van der Waals surface area contributed by atoms with E-state index in [4.69, 9.17) is 0 Å². The standard InChI is InChI=1S/C19H11F4N5O2S/c20-9-1-3-13(22)15(5-9)25-16(29)8-31-19-26-17-11(7-24-27-17)18(30)28(19)10-2-4-12(21)14(23)6-10/h1-7H,8H2,(H,24,27)(H,25,29). The topological polar surface area (TPSA) is 92.7 Å². The van der Waals surface area contributed by atoms with Crippen LogP contribution in [0.3, 0.4) is 0 Å². The molecule has 0 aliphatic heterocycles. The van der Waals surface area contributed by atoms with Crippen molar-refractivity contribution < 1.29 is 22.4 Å². The molecule has 0 saturated carbocycles. The summed E-state index contributed by atoms with van der Waals surface area (Å²) in [5.74, 6) is -4.87. The number of carbonyl (C=O) groups is 1. The van der Waals surface area contributed by atoms with Crippen molar-refractivity contribution >= 4 is 34.4 Å². The molecule has 0 unspecified atom stereocenters. The van der Waals surface area contributed by atoms with Crippen molar-refractivity contribution in [1.29, 1.82) is 0 Å². The quantitative estimate of drug-likeness (QED) is 0.277. The fourth-order valence-electron chi connectivity index (χ4n) is 2.73. The van der Waals surface area contributed by atoms with Crippen molar-refractivity contribution in [1.82, 2.24) is 19.7 Å². The average molecular weight is 449 g/mol. The van der Waals surface area contributed by atoms with Crippen LogP contribution in [0.4, 0.5) is 23.2 Å². The molecule has 12 heteroatoms. The maximum absolute atomic E-state index is 13.7. The highest BCUT2D eigenvalue weighted by Crippen LogP contribution is 2.22. The molecule has 0 radical (unpaired) electrons. The van der Waals surface area contributed by atoms with Crippen molar-refractivity contribution in [3.63, 3.8) is 0 Å². The normalized spacial score (nSPS) is 11.1. The molecule has 0 bridgehead atoms. The molecular weight excluding hydrogens is 438 g/mol. The molecule has 1 amide bonds.